The van der Waals surface area contributed by atoms with Crippen molar-refractivity contribution in [3.05, 3.63) is 45.1 Å². The van der Waals surface area contributed by atoms with Crippen molar-refractivity contribution in [2.75, 3.05) is 13.7 Å². The van der Waals surface area contributed by atoms with E-state index in [2.05, 4.69) is 4.98 Å². The van der Waals surface area contributed by atoms with Crippen molar-refractivity contribution in [2.24, 2.45) is 0 Å². The first kappa shape index (κ1) is 14.4. The Morgan fingerprint density at radius 2 is 2.30 bits per heavy atom. The van der Waals surface area contributed by atoms with E-state index in [1.165, 1.54) is 11.3 Å². The molecule has 1 aliphatic rings. The highest BCUT2D eigenvalue weighted by atomic mass is 32.1. The summed E-state index contributed by atoms with van der Waals surface area (Å²) < 4.78 is 16.3. The molecule has 1 aliphatic heterocycles. The monoisotopic (exact) mass is 329 g/mol. The third-order valence-electron chi connectivity index (χ3n) is 3.95. The summed E-state index contributed by atoms with van der Waals surface area (Å²) in [5.41, 5.74) is 1.15. The number of methoxy groups -OCH3 is 1. The molecular weight excluding hydrogens is 314 g/mol. The van der Waals surface area contributed by atoms with E-state index in [9.17, 15) is 4.79 Å². The summed E-state index contributed by atoms with van der Waals surface area (Å²) in [4.78, 5) is 16.9. The van der Waals surface area contributed by atoms with Crippen molar-refractivity contribution in [3.63, 3.8) is 0 Å². The van der Waals surface area contributed by atoms with E-state index in [1.807, 2.05) is 17.5 Å². The number of benzene rings is 1. The van der Waals surface area contributed by atoms with Gasteiger partial charge in [-0.05, 0) is 25.0 Å². The predicted molar refractivity (Wildman–Crippen MR) is 88.1 cm³/mol. The fourth-order valence-corrected chi connectivity index (χ4v) is 3.69. The number of thiazole rings is 1. The molecule has 3 heterocycles. The van der Waals surface area contributed by atoms with Crippen molar-refractivity contribution in [3.8, 4) is 17.0 Å². The first-order valence-electron chi connectivity index (χ1n) is 7.44. The maximum atomic E-state index is 12.3. The molecule has 0 saturated carbocycles. The lowest BCUT2D eigenvalue weighted by atomic mass is 10.1. The van der Waals surface area contributed by atoms with Gasteiger partial charge in [0.1, 0.15) is 11.1 Å². The Balaban J connectivity index is 1.79. The zero-order valence-corrected chi connectivity index (χ0v) is 13.4. The fourth-order valence-electron chi connectivity index (χ4n) is 2.79. The maximum absolute atomic E-state index is 12.3. The molecule has 3 aromatic rings. The second-order valence-corrected chi connectivity index (χ2v) is 6.29. The Kier molecular flexibility index (Phi) is 3.63. The van der Waals surface area contributed by atoms with Crippen LogP contribution in [0.1, 0.15) is 24.0 Å². The van der Waals surface area contributed by atoms with Crippen LogP contribution in [0.2, 0.25) is 0 Å². The zero-order chi connectivity index (χ0) is 15.8. The largest absolute Gasteiger partial charge is 0.493 e. The van der Waals surface area contributed by atoms with Gasteiger partial charge in [-0.2, -0.15) is 0 Å². The summed E-state index contributed by atoms with van der Waals surface area (Å²) in [5.74, 6) is 0.546. The van der Waals surface area contributed by atoms with Gasteiger partial charge >= 0.3 is 5.63 Å². The molecule has 1 fully saturated rings. The summed E-state index contributed by atoms with van der Waals surface area (Å²) in [6.45, 7) is 0.775. The molecule has 0 bridgehead atoms. The lowest BCUT2D eigenvalue weighted by molar-refractivity contribution is 0.112. The van der Waals surface area contributed by atoms with E-state index < -0.39 is 5.63 Å². The standard InChI is InChI=1S/C17H15NO4S/c1-20-13-5-2-4-10-8-11(17(19)22-15(10)13)12-9-23-16(18-12)14-6-3-7-21-14/h2,4-5,8-9,14H,3,6-7H2,1H3/t14-/m1/s1. The van der Waals surface area contributed by atoms with E-state index in [4.69, 9.17) is 13.9 Å². The van der Waals surface area contributed by atoms with Gasteiger partial charge in [-0.15, -0.1) is 11.3 Å². The molecule has 1 saturated heterocycles. The highest BCUT2D eigenvalue weighted by molar-refractivity contribution is 7.10. The minimum atomic E-state index is -0.411. The van der Waals surface area contributed by atoms with Gasteiger partial charge in [0, 0.05) is 17.4 Å². The lowest BCUT2D eigenvalue weighted by Gasteiger charge is -2.05. The molecule has 6 heteroatoms. The molecule has 0 amide bonds. The number of fused-ring (bicyclic) bond motifs is 1. The number of para-hydroxylation sites is 1. The van der Waals surface area contributed by atoms with E-state index >= 15 is 0 Å². The van der Waals surface area contributed by atoms with Crippen LogP contribution in [0, 0.1) is 0 Å². The van der Waals surface area contributed by atoms with Crippen LogP contribution < -0.4 is 10.4 Å². The molecule has 0 spiro atoms. The number of rotatable bonds is 3. The van der Waals surface area contributed by atoms with Gasteiger partial charge in [-0.25, -0.2) is 9.78 Å². The van der Waals surface area contributed by atoms with Crippen LogP contribution in [0.3, 0.4) is 0 Å². The quantitative estimate of drug-likeness (QED) is 0.684. The third-order valence-corrected chi connectivity index (χ3v) is 4.88. The average molecular weight is 329 g/mol. The number of ether oxygens (including phenoxy) is 2. The van der Waals surface area contributed by atoms with E-state index in [0.29, 0.717) is 22.6 Å². The van der Waals surface area contributed by atoms with Gasteiger partial charge in [0.2, 0.25) is 0 Å². The molecule has 1 atom stereocenters. The van der Waals surface area contributed by atoms with Crippen molar-refractivity contribution < 1.29 is 13.9 Å². The Hall–Kier alpha value is -2.18. The maximum Gasteiger partial charge on any atom is 0.345 e. The molecule has 2 aromatic heterocycles. The van der Waals surface area contributed by atoms with Gasteiger partial charge < -0.3 is 13.9 Å². The number of hydrogen-bond donors (Lipinski definition) is 0. The minimum Gasteiger partial charge on any atom is -0.493 e. The molecule has 23 heavy (non-hydrogen) atoms. The minimum absolute atomic E-state index is 0.0568. The molecule has 0 aliphatic carbocycles. The Morgan fingerprint density at radius 1 is 1.39 bits per heavy atom. The van der Waals surface area contributed by atoms with E-state index in [0.717, 1.165) is 29.8 Å². The first-order chi connectivity index (χ1) is 11.3. The van der Waals surface area contributed by atoms with Crippen LogP contribution in [0.15, 0.2) is 38.9 Å². The molecule has 0 N–H and O–H groups in total. The van der Waals surface area contributed by atoms with Crippen molar-refractivity contribution in [1.82, 2.24) is 4.98 Å². The SMILES string of the molecule is COc1cccc2cc(-c3csc([C@H]4CCCO4)n3)c(=O)oc12. The van der Waals surface area contributed by atoms with Crippen LogP contribution in [0.25, 0.3) is 22.2 Å². The van der Waals surface area contributed by atoms with Gasteiger partial charge in [0.05, 0.1) is 18.4 Å². The van der Waals surface area contributed by atoms with E-state index in [-0.39, 0.29) is 6.10 Å². The summed E-state index contributed by atoms with van der Waals surface area (Å²) in [6, 6.07) is 7.32. The second kappa shape index (κ2) is 5.79. The molecule has 0 unspecified atom stereocenters. The lowest BCUT2D eigenvalue weighted by Crippen LogP contribution is -2.04. The van der Waals surface area contributed by atoms with Gasteiger partial charge in [0.25, 0.3) is 0 Å². The molecular formula is C17H15NO4S. The second-order valence-electron chi connectivity index (χ2n) is 5.40. The van der Waals surface area contributed by atoms with Gasteiger partial charge in [-0.1, -0.05) is 12.1 Å². The smallest absolute Gasteiger partial charge is 0.345 e. The summed E-state index contributed by atoms with van der Waals surface area (Å²) in [6.07, 6.45) is 2.09. The topological polar surface area (TPSA) is 61.6 Å². The summed E-state index contributed by atoms with van der Waals surface area (Å²) in [7, 11) is 1.55. The summed E-state index contributed by atoms with van der Waals surface area (Å²) in [5, 5.41) is 3.61. The number of hydrogen-bond acceptors (Lipinski definition) is 6. The predicted octanol–water partition coefficient (Wildman–Crippen LogP) is 3.78. The van der Waals surface area contributed by atoms with Gasteiger partial charge in [0.15, 0.2) is 11.3 Å². The molecule has 118 valence electrons. The zero-order valence-electron chi connectivity index (χ0n) is 12.6. The van der Waals surface area contributed by atoms with Crippen LogP contribution in [-0.2, 0) is 4.74 Å². The summed E-state index contributed by atoms with van der Waals surface area (Å²) >= 11 is 1.52. The Bertz CT molecular complexity index is 908. The molecule has 4 rings (SSSR count). The number of nitrogens with zero attached hydrogens (tertiary/aromatic N) is 1. The third kappa shape index (κ3) is 2.54. The van der Waals surface area contributed by atoms with Crippen molar-refractivity contribution in [2.45, 2.75) is 18.9 Å². The van der Waals surface area contributed by atoms with Gasteiger partial charge in [-0.3, -0.25) is 0 Å². The normalized spacial score (nSPS) is 17.7. The molecule has 1 aromatic carbocycles. The highest BCUT2D eigenvalue weighted by Gasteiger charge is 2.22. The van der Waals surface area contributed by atoms with Crippen LogP contribution >= 0.6 is 11.3 Å². The van der Waals surface area contributed by atoms with Crippen LogP contribution in [0.4, 0.5) is 0 Å². The van der Waals surface area contributed by atoms with Crippen molar-refractivity contribution >= 4 is 22.3 Å². The molecule has 0 radical (unpaired) electrons. The fraction of sp³-hybridized carbons (Fsp3) is 0.294. The average Bonchev–Trinajstić information content (AvgIpc) is 3.24. The van der Waals surface area contributed by atoms with Crippen LogP contribution in [-0.4, -0.2) is 18.7 Å². The van der Waals surface area contributed by atoms with E-state index in [1.54, 1.807) is 19.2 Å². The van der Waals surface area contributed by atoms with Crippen molar-refractivity contribution in [1.29, 1.82) is 0 Å². The first-order valence-corrected chi connectivity index (χ1v) is 8.32. The molecule has 5 nitrogen and oxygen atoms in total. The number of aromatic nitrogens is 1. The highest BCUT2D eigenvalue weighted by Crippen LogP contribution is 2.33. The van der Waals surface area contributed by atoms with Crippen LogP contribution in [0.5, 0.6) is 5.75 Å². The Morgan fingerprint density at radius 3 is 3.09 bits per heavy atom. The Labute approximate surface area is 136 Å².